The molecule has 0 aromatic carbocycles. The summed E-state index contributed by atoms with van der Waals surface area (Å²) in [6.07, 6.45) is 32.7. The van der Waals surface area contributed by atoms with Crippen molar-refractivity contribution in [2.75, 3.05) is 6.61 Å². The molecule has 0 heterocycles. The van der Waals surface area contributed by atoms with Crippen molar-refractivity contribution in [1.82, 2.24) is 0 Å². The van der Waals surface area contributed by atoms with Crippen LogP contribution >= 0.6 is 0 Å². The molecule has 1 N–H and O–H groups in total. The summed E-state index contributed by atoms with van der Waals surface area (Å²) < 4.78 is 0. The Morgan fingerprint density at radius 2 is 0.758 bits per heavy atom. The van der Waals surface area contributed by atoms with E-state index in [9.17, 15) is 4.79 Å². The Bertz CT molecular complexity index is 392. The molecule has 2 unspecified atom stereocenters. The largest absolute Gasteiger partial charge is 0.396 e. The highest BCUT2D eigenvalue weighted by molar-refractivity contribution is 5.77. The van der Waals surface area contributed by atoms with Crippen LogP contribution in [-0.2, 0) is 4.79 Å². The maximum atomic E-state index is 11.2. The van der Waals surface area contributed by atoms with E-state index >= 15 is 0 Å². The van der Waals surface area contributed by atoms with Gasteiger partial charge in [-0.15, -0.1) is 0 Å². The minimum atomic E-state index is 0.268. The van der Waals surface area contributed by atoms with Crippen molar-refractivity contribution >= 4 is 5.78 Å². The van der Waals surface area contributed by atoms with E-state index < -0.39 is 0 Å². The highest BCUT2D eigenvalue weighted by atomic mass is 16.2. The Kier molecular flexibility index (Phi) is 25.9. The maximum Gasteiger partial charge on any atom is 0.132 e. The van der Waals surface area contributed by atoms with Crippen LogP contribution in [0.3, 0.4) is 0 Å². The minimum Gasteiger partial charge on any atom is -0.396 e. The summed E-state index contributed by atoms with van der Waals surface area (Å²) in [6.45, 7) is 6.61. The van der Waals surface area contributed by atoms with Crippen molar-refractivity contribution < 1.29 is 9.90 Å². The normalized spacial score (nSPS) is 13.3. The number of unbranched alkanes of at least 4 members (excludes halogenated alkanes) is 19. The average molecular weight is 467 g/mol. The number of hydrogen-bond acceptors (Lipinski definition) is 2. The molecule has 0 saturated carbocycles. The van der Waals surface area contributed by atoms with Gasteiger partial charge < -0.3 is 5.11 Å². The van der Waals surface area contributed by atoms with Gasteiger partial charge in [-0.1, -0.05) is 155 Å². The molecule has 0 saturated heterocycles. The zero-order chi connectivity index (χ0) is 24.4. The van der Waals surface area contributed by atoms with Gasteiger partial charge in [0.05, 0.1) is 0 Å². The highest BCUT2D eigenvalue weighted by Gasteiger charge is 2.06. The van der Waals surface area contributed by atoms with E-state index in [-0.39, 0.29) is 5.92 Å². The second-order valence-electron chi connectivity index (χ2n) is 11.1. The number of carbonyl (C=O) groups is 1. The molecule has 0 aliphatic heterocycles. The SMILES string of the molecule is CC(=O)C(C)CCCCCCCC(C)CCCCCCCCCCCCCCCCCCO. The molecule has 0 rings (SSSR count). The van der Waals surface area contributed by atoms with E-state index in [0.717, 1.165) is 18.8 Å². The molecule has 0 amide bonds. The average Bonchev–Trinajstić information content (AvgIpc) is 2.80. The second kappa shape index (κ2) is 26.2. The first kappa shape index (κ1) is 32.6. The van der Waals surface area contributed by atoms with Crippen LogP contribution in [-0.4, -0.2) is 17.5 Å². The summed E-state index contributed by atoms with van der Waals surface area (Å²) in [5.41, 5.74) is 0. The number of Topliss-reactive ketones (excluding diaryl/α,β-unsaturated/α-hetero) is 1. The standard InChI is InChI=1S/C31H62O2/c1-29(26-22-18-16-19-23-27-30(2)31(3)33)25-21-17-14-12-10-8-6-4-5-7-9-11-13-15-20-24-28-32/h29-30,32H,4-28H2,1-3H3. The number of aliphatic hydroxyl groups is 1. The summed E-state index contributed by atoms with van der Waals surface area (Å²) in [6, 6.07) is 0. The maximum absolute atomic E-state index is 11.2. The minimum absolute atomic E-state index is 0.268. The van der Waals surface area contributed by atoms with Crippen LogP contribution in [0.15, 0.2) is 0 Å². The topological polar surface area (TPSA) is 37.3 Å². The molecule has 0 radical (unpaired) electrons. The number of hydrogen-bond donors (Lipinski definition) is 1. The lowest BCUT2D eigenvalue weighted by atomic mass is 9.95. The van der Waals surface area contributed by atoms with Crippen molar-refractivity contribution in [2.24, 2.45) is 11.8 Å². The van der Waals surface area contributed by atoms with Gasteiger partial charge in [-0.2, -0.15) is 0 Å². The van der Waals surface area contributed by atoms with Crippen LogP contribution in [0.1, 0.15) is 175 Å². The third-order valence-electron chi connectivity index (χ3n) is 7.63. The Morgan fingerprint density at radius 3 is 1.06 bits per heavy atom. The van der Waals surface area contributed by atoms with E-state index in [1.807, 2.05) is 0 Å². The van der Waals surface area contributed by atoms with Crippen molar-refractivity contribution in [3.63, 3.8) is 0 Å². The smallest absolute Gasteiger partial charge is 0.132 e. The Labute approximate surface area is 209 Å². The quantitative estimate of drug-likeness (QED) is 0.122. The lowest BCUT2D eigenvalue weighted by Gasteiger charge is -2.11. The van der Waals surface area contributed by atoms with Gasteiger partial charge in [0.2, 0.25) is 0 Å². The van der Waals surface area contributed by atoms with E-state index in [2.05, 4.69) is 13.8 Å². The van der Waals surface area contributed by atoms with Crippen molar-refractivity contribution in [3.8, 4) is 0 Å². The molecule has 0 fully saturated rings. The van der Waals surface area contributed by atoms with E-state index in [4.69, 9.17) is 5.11 Å². The van der Waals surface area contributed by atoms with Crippen LogP contribution in [0.4, 0.5) is 0 Å². The fourth-order valence-corrected chi connectivity index (χ4v) is 4.90. The number of carbonyl (C=O) groups excluding carboxylic acids is 1. The van der Waals surface area contributed by atoms with Gasteiger partial charge in [0.15, 0.2) is 0 Å². The molecule has 0 bridgehead atoms. The van der Waals surface area contributed by atoms with Crippen LogP contribution in [0.5, 0.6) is 0 Å². The van der Waals surface area contributed by atoms with Gasteiger partial charge in [0.1, 0.15) is 5.78 Å². The first-order valence-electron chi connectivity index (χ1n) is 15.2. The fraction of sp³-hybridized carbons (Fsp3) is 0.968. The zero-order valence-electron chi connectivity index (χ0n) is 23.2. The molecule has 2 atom stereocenters. The number of ketones is 1. The summed E-state index contributed by atoms with van der Waals surface area (Å²) in [7, 11) is 0. The third kappa shape index (κ3) is 26.1. The van der Waals surface area contributed by atoms with Crippen molar-refractivity contribution in [1.29, 1.82) is 0 Å². The summed E-state index contributed by atoms with van der Waals surface area (Å²) in [5.74, 6) is 1.52. The highest BCUT2D eigenvalue weighted by Crippen LogP contribution is 2.19. The van der Waals surface area contributed by atoms with Gasteiger partial charge in [0, 0.05) is 12.5 Å². The molecule has 0 spiro atoms. The van der Waals surface area contributed by atoms with Gasteiger partial charge in [-0.3, -0.25) is 4.79 Å². The molecule has 0 aliphatic carbocycles. The first-order chi connectivity index (χ1) is 16.1. The van der Waals surface area contributed by atoms with Crippen LogP contribution in [0.2, 0.25) is 0 Å². The molecule has 2 heteroatoms. The number of aliphatic hydroxyl groups excluding tert-OH is 1. The van der Waals surface area contributed by atoms with Crippen LogP contribution in [0.25, 0.3) is 0 Å². The van der Waals surface area contributed by atoms with Gasteiger partial charge in [0.25, 0.3) is 0 Å². The van der Waals surface area contributed by atoms with E-state index in [1.54, 1.807) is 6.92 Å². The predicted molar refractivity (Wildman–Crippen MR) is 147 cm³/mol. The van der Waals surface area contributed by atoms with E-state index in [0.29, 0.717) is 12.4 Å². The third-order valence-corrected chi connectivity index (χ3v) is 7.63. The van der Waals surface area contributed by atoms with Crippen molar-refractivity contribution in [3.05, 3.63) is 0 Å². The summed E-state index contributed by atoms with van der Waals surface area (Å²) in [4.78, 5) is 11.2. The van der Waals surface area contributed by atoms with Gasteiger partial charge >= 0.3 is 0 Å². The molecule has 33 heavy (non-hydrogen) atoms. The molecular weight excluding hydrogens is 404 g/mol. The zero-order valence-corrected chi connectivity index (χ0v) is 23.2. The van der Waals surface area contributed by atoms with Crippen molar-refractivity contribution in [2.45, 2.75) is 175 Å². The van der Waals surface area contributed by atoms with Gasteiger partial charge in [-0.25, -0.2) is 0 Å². The Hall–Kier alpha value is -0.370. The van der Waals surface area contributed by atoms with Crippen LogP contribution in [0, 0.1) is 11.8 Å². The molecule has 198 valence electrons. The molecule has 0 aromatic heterocycles. The molecule has 0 aliphatic rings. The fourth-order valence-electron chi connectivity index (χ4n) is 4.90. The lowest BCUT2D eigenvalue weighted by Crippen LogP contribution is -2.05. The Balaban J connectivity index is 3.18. The van der Waals surface area contributed by atoms with Crippen LogP contribution < -0.4 is 0 Å². The van der Waals surface area contributed by atoms with E-state index in [1.165, 1.54) is 141 Å². The first-order valence-corrected chi connectivity index (χ1v) is 15.2. The lowest BCUT2D eigenvalue weighted by molar-refractivity contribution is -0.120. The monoisotopic (exact) mass is 466 g/mol. The van der Waals surface area contributed by atoms with Gasteiger partial charge in [-0.05, 0) is 25.7 Å². The number of rotatable bonds is 27. The predicted octanol–water partition coefficient (Wildman–Crippen LogP) is 10.2. The Morgan fingerprint density at radius 1 is 0.485 bits per heavy atom. The molecule has 0 aromatic rings. The molecular formula is C31H62O2. The molecule has 2 nitrogen and oxygen atoms in total. The second-order valence-corrected chi connectivity index (χ2v) is 11.1. The summed E-state index contributed by atoms with van der Waals surface area (Å²) >= 11 is 0. The summed E-state index contributed by atoms with van der Waals surface area (Å²) in [5, 5.41) is 8.77.